The van der Waals surface area contributed by atoms with Crippen LogP contribution < -0.4 is 14.4 Å². The van der Waals surface area contributed by atoms with E-state index in [0.717, 1.165) is 62.3 Å². The van der Waals surface area contributed by atoms with Crippen molar-refractivity contribution in [3.05, 3.63) is 58.1 Å². The lowest BCUT2D eigenvalue weighted by molar-refractivity contribution is 0.00868. The third-order valence-electron chi connectivity index (χ3n) is 9.67. The maximum Gasteiger partial charge on any atom is 0.264 e. The number of aliphatic hydroxyl groups is 1. The van der Waals surface area contributed by atoms with Crippen LogP contribution in [-0.2, 0) is 21.9 Å². The molecule has 0 aromatic heterocycles. The summed E-state index contributed by atoms with van der Waals surface area (Å²) in [6, 6.07) is 11.4. The fraction of sp³-hybridized carbons (Fsp3) is 0.581. The topological polar surface area (TPSA) is 95.9 Å². The third-order valence-corrected chi connectivity index (χ3v) is 11.4. The lowest BCUT2D eigenvalue weighted by Crippen LogP contribution is -2.49. The Bertz CT molecular complexity index is 1400. The number of nitrogens with zero attached hydrogens (tertiary/aromatic N) is 1. The van der Waals surface area contributed by atoms with Crippen molar-refractivity contribution < 1.29 is 23.1 Å². The summed E-state index contributed by atoms with van der Waals surface area (Å²) in [6.07, 6.45) is 6.79. The Hall–Kier alpha value is -2.29. The summed E-state index contributed by atoms with van der Waals surface area (Å²) >= 11 is 6.37. The molecule has 1 spiro atoms. The van der Waals surface area contributed by atoms with E-state index in [0.29, 0.717) is 36.7 Å². The van der Waals surface area contributed by atoms with E-state index in [1.165, 1.54) is 11.1 Å². The molecule has 2 aliphatic carbocycles. The standard InChI is InChI=1S/C31H39ClN2O5S/c1-20-4-2-6-28(35)25-10-7-23(25)16-34-18-31(13-3-5-21-14-24(32)9-11-26(21)31)19-39-29-12-8-22(15-27(29)34)30(36)33-40(37,38)17-20/h8-9,11-12,14-15,20,23,25,28,35H,2-7,10,13,16-19H2,1H3,(H,33,36)/t20-,23+,25-,28+,31+/m1/s1. The molecular weight excluding hydrogens is 548 g/mol. The van der Waals surface area contributed by atoms with E-state index < -0.39 is 22.0 Å². The van der Waals surface area contributed by atoms with Gasteiger partial charge >= 0.3 is 0 Å². The number of hydrogen-bond acceptors (Lipinski definition) is 6. The van der Waals surface area contributed by atoms with E-state index in [2.05, 4.69) is 21.8 Å². The SMILES string of the molecule is C[C@@H]1CCC[C@H](O)[C@@H]2CC[C@H]2CN2C[C@@]3(CCCc4cc(Cl)ccc43)COc3ccc(cc32)C(=O)NS(=O)(=O)C1. The lowest BCUT2D eigenvalue weighted by Gasteiger charge is -2.45. The lowest BCUT2D eigenvalue weighted by atomic mass is 9.68. The first-order valence-electron chi connectivity index (χ1n) is 14.7. The molecule has 0 radical (unpaired) electrons. The van der Waals surface area contributed by atoms with Gasteiger partial charge in [-0.3, -0.25) is 4.79 Å². The molecule has 2 bridgehead atoms. The number of carbonyl (C=O) groups is 1. The van der Waals surface area contributed by atoms with Crippen molar-refractivity contribution in [2.75, 3.05) is 30.3 Å². The fourth-order valence-electron chi connectivity index (χ4n) is 7.46. The molecule has 1 amide bonds. The average molecular weight is 587 g/mol. The first-order valence-corrected chi connectivity index (χ1v) is 16.7. The molecule has 2 aliphatic heterocycles. The monoisotopic (exact) mass is 586 g/mol. The van der Waals surface area contributed by atoms with Gasteiger partial charge in [0, 0.05) is 29.1 Å². The zero-order valence-electron chi connectivity index (χ0n) is 23.1. The van der Waals surface area contributed by atoms with Gasteiger partial charge in [0.25, 0.3) is 5.91 Å². The van der Waals surface area contributed by atoms with Crippen LogP contribution in [0, 0.1) is 17.8 Å². The molecule has 6 rings (SSSR count). The molecule has 216 valence electrons. The number of hydrogen-bond donors (Lipinski definition) is 2. The number of halogens is 1. The second kappa shape index (κ2) is 10.8. The minimum Gasteiger partial charge on any atom is -0.490 e. The number of rotatable bonds is 0. The molecule has 4 aliphatic rings. The van der Waals surface area contributed by atoms with E-state index >= 15 is 0 Å². The number of aliphatic hydroxyl groups excluding tert-OH is 1. The van der Waals surface area contributed by atoms with Crippen molar-refractivity contribution in [1.29, 1.82) is 0 Å². The Morgan fingerprint density at radius 3 is 2.75 bits per heavy atom. The fourth-order valence-corrected chi connectivity index (χ4v) is 9.05. The quantitative estimate of drug-likeness (QED) is 0.447. The molecule has 0 saturated heterocycles. The number of fused-ring (bicyclic) bond motifs is 4. The number of carbonyl (C=O) groups excluding carboxylic acids is 1. The van der Waals surface area contributed by atoms with Crippen molar-refractivity contribution in [2.45, 2.75) is 69.8 Å². The van der Waals surface area contributed by atoms with Crippen LogP contribution in [0.15, 0.2) is 36.4 Å². The zero-order valence-corrected chi connectivity index (χ0v) is 24.6. The van der Waals surface area contributed by atoms with Crippen LogP contribution in [0.3, 0.4) is 0 Å². The number of nitrogens with one attached hydrogen (secondary N) is 1. The van der Waals surface area contributed by atoms with E-state index in [1.807, 2.05) is 13.0 Å². The predicted molar refractivity (Wildman–Crippen MR) is 157 cm³/mol. The van der Waals surface area contributed by atoms with Gasteiger partial charge in [-0.2, -0.15) is 0 Å². The van der Waals surface area contributed by atoms with Crippen LogP contribution >= 0.6 is 11.6 Å². The largest absolute Gasteiger partial charge is 0.490 e. The summed E-state index contributed by atoms with van der Waals surface area (Å²) in [6.45, 7) is 3.87. The smallest absolute Gasteiger partial charge is 0.264 e. The van der Waals surface area contributed by atoms with Gasteiger partial charge in [-0.1, -0.05) is 31.0 Å². The summed E-state index contributed by atoms with van der Waals surface area (Å²) in [4.78, 5) is 15.5. The van der Waals surface area contributed by atoms with Crippen molar-refractivity contribution in [2.24, 2.45) is 17.8 Å². The Morgan fingerprint density at radius 2 is 1.95 bits per heavy atom. The Kier molecular flexibility index (Phi) is 7.55. The van der Waals surface area contributed by atoms with Gasteiger partial charge in [-0.25, -0.2) is 13.1 Å². The zero-order chi connectivity index (χ0) is 28.1. The highest BCUT2D eigenvalue weighted by molar-refractivity contribution is 7.90. The van der Waals surface area contributed by atoms with Crippen LogP contribution in [0.5, 0.6) is 5.75 Å². The number of benzene rings is 2. The second-order valence-corrected chi connectivity index (χ2v) is 14.8. The second-order valence-electron chi connectivity index (χ2n) is 12.6. The van der Waals surface area contributed by atoms with Gasteiger partial charge < -0.3 is 14.7 Å². The summed E-state index contributed by atoms with van der Waals surface area (Å²) in [5, 5.41) is 11.9. The van der Waals surface area contributed by atoms with Gasteiger partial charge in [-0.15, -0.1) is 0 Å². The van der Waals surface area contributed by atoms with Crippen molar-refractivity contribution in [1.82, 2.24) is 4.72 Å². The van der Waals surface area contributed by atoms with Gasteiger partial charge in [0.1, 0.15) is 5.75 Å². The Labute approximate surface area is 242 Å². The van der Waals surface area contributed by atoms with Crippen molar-refractivity contribution in [3.8, 4) is 5.75 Å². The van der Waals surface area contributed by atoms with Crippen LogP contribution in [0.25, 0.3) is 0 Å². The summed E-state index contributed by atoms with van der Waals surface area (Å²) < 4.78 is 34.4. The first-order chi connectivity index (χ1) is 19.1. The number of ether oxygens (including phenoxy) is 1. The molecule has 40 heavy (non-hydrogen) atoms. The molecule has 2 N–H and O–H groups in total. The van der Waals surface area contributed by atoms with Crippen LogP contribution in [0.2, 0.25) is 5.02 Å². The number of sulfonamides is 1. The number of aryl methyl sites for hydroxylation is 1. The molecule has 5 atom stereocenters. The summed E-state index contributed by atoms with van der Waals surface area (Å²) in [7, 11) is -3.80. The van der Waals surface area contributed by atoms with E-state index in [4.69, 9.17) is 16.3 Å². The minimum absolute atomic E-state index is 0.108. The maximum absolute atomic E-state index is 13.2. The third kappa shape index (κ3) is 5.47. The highest BCUT2D eigenvalue weighted by Gasteiger charge is 2.44. The normalized spacial score (nSPS) is 32.1. The highest BCUT2D eigenvalue weighted by atomic mass is 35.5. The molecule has 0 unspecified atom stereocenters. The van der Waals surface area contributed by atoms with Crippen LogP contribution in [0.1, 0.15) is 73.4 Å². The van der Waals surface area contributed by atoms with Crippen LogP contribution in [0.4, 0.5) is 5.69 Å². The van der Waals surface area contributed by atoms with Gasteiger partial charge in [0.15, 0.2) is 0 Å². The average Bonchev–Trinajstić information content (AvgIpc) is 3.02. The summed E-state index contributed by atoms with van der Waals surface area (Å²) in [5.41, 5.74) is 3.40. The van der Waals surface area contributed by atoms with Crippen molar-refractivity contribution in [3.63, 3.8) is 0 Å². The van der Waals surface area contributed by atoms with Crippen LogP contribution in [-0.4, -0.2) is 51.0 Å². The summed E-state index contributed by atoms with van der Waals surface area (Å²) in [5.74, 6) is 0.420. The maximum atomic E-state index is 13.2. The van der Waals surface area contributed by atoms with Gasteiger partial charge in [0.2, 0.25) is 10.0 Å². The molecule has 2 aromatic rings. The van der Waals surface area contributed by atoms with E-state index in [-0.39, 0.29) is 23.0 Å². The van der Waals surface area contributed by atoms with Crippen molar-refractivity contribution >= 4 is 33.2 Å². The molecule has 2 aromatic carbocycles. The van der Waals surface area contributed by atoms with E-state index in [1.54, 1.807) is 18.2 Å². The molecule has 1 fully saturated rings. The predicted octanol–water partition coefficient (Wildman–Crippen LogP) is 5.08. The minimum atomic E-state index is -3.80. The number of amides is 1. The Balaban J connectivity index is 1.40. The number of anilines is 1. The van der Waals surface area contributed by atoms with Gasteiger partial charge in [-0.05, 0) is 104 Å². The van der Waals surface area contributed by atoms with Gasteiger partial charge in [0.05, 0.1) is 24.2 Å². The first kappa shape index (κ1) is 27.9. The Morgan fingerprint density at radius 1 is 1.10 bits per heavy atom. The molecule has 7 nitrogen and oxygen atoms in total. The molecule has 2 heterocycles. The molecule has 9 heteroatoms. The molecule has 1 saturated carbocycles. The highest BCUT2D eigenvalue weighted by Crippen LogP contribution is 2.47. The van der Waals surface area contributed by atoms with E-state index in [9.17, 15) is 18.3 Å². The molecular formula is C31H39ClN2O5S.